The first-order chi connectivity index (χ1) is 12.3. The quantitative estimate of drug-likeness (QED) is 0.581. The van der Waals surface area contributed by atoms with E-state index in [0.717, 1.165) is 0 Å². The van der Waals surface area contributed by atoms with E-state index in [-0.39, 0.29) is 23.9 Å². The zero-order valence-electron chi connectivity index (χ0n) is 14.7. The number of halogens is 2. The van der Waals surface area contributed by atoms with Gasteiger partial charge in [-0.25, -0.2) is 0 Å². The van der Waals surface area contributed by atoms with E-state index in [1.807, 2.05) is 6.92 Å². The molecule has 142 valence electrons. The van der Waals surface area contributed by atoms with Gasteiger partial charge in [-0.1, -0.05) is 35.3 Å². The molecule has 0 aromatic heterocycles. The molecule has 1 fully saturated rings. The first-order valence-corrected chi connectivity index (χ1v) is 9.24. The Morgan fingerprint density at radius 3 is 2.46 bits per heavy atom. The van der Waals surface area contributed by atoms with Crippen molar-refractivity contribution in [3.63, 3.8) is 0 Å². The highest BCUT2D eigenvalue weighted by Gasteiger charge is 2.48. The number of esters is 1. The Labute approximate surface area is 162 Å². The second-order valence-corrected chi connectivity index (χ2v) is 7.19. The molecule has 1 N–H and O–H groups in total. The van der Waals surface area contributed by atoms with Gasteiger partial charge in [-0.2, -0.15) is 0 Å². The second kappa shape index (κ2) is 8.89. The fraction of sp³-hybridized carbons (Fsp3) is 0.474. The minimum absolute atomic E-state index is 0.0620. The topological polar surface area (TPSA) is 72.8 Å². The summed E-state index contributed by atoms with van der Waals surface area (Å²) in [6, 6.07) is 6.90. The lowest BCUT2D eigenvalue weighted by atomic mass is 9.68. The monoisotopic (exact) mass is 400 g/mol. The zero-order valence-corrected chi connectivity index (χ0v) is 16.2. The summed E-state index contributed by atoms with van der Waals surface area (Å²) in [5.74, 6) is -2.03. The van der Waals surface area contributed by atoms with Crippen LogP contribution in [0.5, 0.6) is 5.75 Å². The highest BCUT2D eigenvalue weighted by atomic mass is 35.5. The Kier molecular flexibility index (Phi) is 7.09. The molecule has 3 unspecified atom stereocenters. The van der Waals surface area contributed by atoms with Gasteiger partial charge in [-0.3, -0.25) is 9.59 Å². The van der Waals surface area contributed by atoms with Crippen molar-refractivity contribution in [1.29, 1.82) is 0 Å². The number of carbonyl (C=O) groups is 2. The number of hydrogen-bond acceptors (Lipinski definition) is 5. The molecule has 26 heavy (non-hydrogen) atoms. The normalized spacial score (nSPS) is 25.5. The second-order valence-electron chi connectivity index (χ2n) is 6.19. The molecule has 0 amide bonds. The van der Waals surface area contributed by atoms with Gasteiger partial charge >= 0.3 is 5.97 Å². The maximum Gasteiger partial charge on any atom is 0.317 e. The van der Waals surface area contributed by atoms with Gasteiger partial charge in [-0.15, -0.1) is 0 Å². The van der Waals surface area contributed by atoms with Crippen LogP contribution in [0.1, 0.15) is 32.3 Å². The first-order valence-electron chi connectivity index (χ1n) is 8.48. The summed E-state index contributed by atoms with van der Waals surface area (Å²) in [6.45, 7) is 4.24. The van der Waals surface area contributed by atoms with Crippen LogP contribution in [0.3, 0.4) is 0 Å². The minimum atomic E-state index is -1.42. The molecule has 0 bridgehead atoms. The predicted octanol–water partition coefficient (Wildman–Crippen LogP) is 3.75. The van der Waals surface area contributed by atoms with Crippen LogP contribution in [0.4, 0.5) is 0 Å². The van der Waals surface area contributed by atoms with E-state index in [9.17, 15) is 14.7 Å². The van der Waals surface area contributed by atoms with E-state index < -0.39 is 29.2 Å². The van der Waals surface area contributed by atoms with Crippen molar-refractivity contribution in [1.82, 2.24) is 0 Å². The van der Waals surface area contributed by atoms with Crippen LogP contribution in [0, 0.1) is 11.8 Å². The van der Waals surface area contributed by atoms with Crippen molar-refractivity contribution in [3.8, 4) is 5.75 Å². The molecule has 2 rings (SSSR count). The van der Waals surface area contributed by atoms with Gasteiger partial charge in [0.15, 0.2) is 5.78 Å². The van der Waals surface area contributed by atoms with Crippen LogP contribution < -0.4 is 4.74 Å². The summed E-state index contributed by atoms with van der Waals surface area (Å²) in [5, 5.41) is 11.1. The summed E-state index contributed by atoms with van der Waals surface area (Å²) < 4.78 is 10.3. The summed E-state index contributed by atoms with van der Waals surface area (Å²) >= 11 is 11.5. The van der Waals surface area contributed by atoms with Crippen molar-refractivity contribution in [2.24, 2.45) is 11.8 Å². The zero-order chi connectivity index (χ0) is 19.3. The van der Waals surface area contributed by atoms with Crippen molar-refractivity contribution in [2.45, 2.75) is 32.3 Å². The maximum atomic E-state index is 12.7. The number of ketones is 1. The summed E-state index contributed by atoms with van der Waals surface area (Å²) in [5.41, 5.74) is -0.851. The first kappa shape index (κ1) is 20.7. The van der Waals surface area contributed by atoms with Crippen molar-refractivity contribution in [3.05, 3.63) is 40.4 Å². The number of ether oxygens (including phenoxy) is 2. The number of rotatable bonds is 6. The molecule has 1 aromatic carbocycles. The van der Waals surface area contributed by atoms with E-state index >= 15 is 0 Å². The molecule has 1 aliphatic rings. The lowest BCUT2D eigenvalue weighted by Crippen LogP contribution is -2.45. The third-order valence-electron chi connectivity index (χ3n) is 4.40. The summed E-state index contributed by atoms with van der Waals surface area (Å²) in [6.07, 6.45) is 1.36. The molecule has 1 aliphatic carbocycles. The van der Waals surface area contributed by atoms with Crippen LogP contribution >= 0.6 is 23.2 Å². The predicted molar refractivity (Wildman–Crippen MR) is 99.2 cm³/mol. The Morgan fingerprint density at radius 2 is 1.92 bits per heavy atom. The van der Waals surface area contributed by atoms with E-state index in [0.29, 0.717) is 17.9 Å². The SMILES string of the molecule is CCOC(=O)C1C(=O)CC(O)(c2ccc(OCC)cc2)CC1C=C(Cl)Cl. The fourth-order valence-corrected chi connectivity index (χ4v) is 3.64. The number of hydrogen-bond donors (Lipinski definition) is 1. The number of Topliss-reactive ketones (excluding diaryl/α,β-unsaturated/α-hetero) is 1. The van der Waals surface area contributed by atoms with Gasteiger partial charge in [-0.05, 0) is 44.0 Å². The highest BCUT2D eigenvalue weighted by molar-refractivity contribution is 6.55. The smallest absolute Gasteiger partial charge is 0.317 e. The van der Waals surface area contributed by atoms with Crippen LogP contribution in [0.15, 0.2) is 34.8 Å². The van der Waals surface area contributed by atoms with E-state index in [4.69, 9.17) is 32.7 Å². The van der Waals surface area contributed by atoms with Gasteiger partial charge in [0, 0.05) is 12.3 Å². The molecule has 1 aromatic rings. The van der Waals surface area contributed by atoms with E-state index in [1.54, 1.807) is 31.2 Å². The molecule has 0 heterocycles. The van der Waals surface area contributed by atoms with Gasteiger partial charge in [0.05, 0.1) is 18.8 Å². The summed E-state index contributed by atoms with van der Waals surface area (Å²) in [4.78, 5) is 24.9. The van der Waals surface area contributed by atoms with Gasteiger partial charge in [0.25, 0.3) is 0 Å². The lowest BCUT2D eigenvalue weighted by Gasteiger charge is -2.38. The van der Waals surface area contributed by atoms with Crippen molar-refractivity contribution in [2.75, 3.05) is 13.2 Å². The molecule has 0 aliphatic heterocycles. The fourth-order valence-electron chi connectivity index (χ4n) is 3.32. The largest absolute Gasteiger partial charge is 0.494 e. The Balaban J connectivity index is 2.33. The van der Waals surface area contributed by atoms with Crippen LogP contribution in [0.2, 0.25) is 0 Å². The van der Waals surface area contributed by atoms with Crippen molar-refractivity contribution < 1.29 is 24.2 Å². The molecular formula is C19H22Cl2O5. The average molecular weight is 401 g/mol. The van der Waals surface area contributed by atoms with E-state index in [1.165, 1.54) is 6.08 Å². The Morgan fingerprint density at radius 1 is 1.27 bits per heavy atom. The van der Waals surface area contributed by atoms with E-state index in [2.05, 4.69) is 0 Å². The molecular weight excluding hydrogens is 379 g/mol. The number of carbonyl (C=O) groups excluding carboxylic acids is 2. The van der Waals surface area contributed by atoms with Gasteiger partial charge < -0.3 is 14.6 Å². The molecule has 0 saturated heterocycles. The molecule has 7 heteroatoms. The van der Waals surface area contributed by atoms with Crippen LogP contribution in [-0.4, -0.2) is 30.1 Å². The standard InChI is InChI=1S/C19H22Cl2O5/c1-3-25-14-7-5-13(6-8-14)19(24)10-12(9-16(20)21)17(15(22)11-19)18(23)26-4-2/h5-9,12,17,24H,3-4,10-11H2,1-2H3. The summed E-state index contributed by atoms with van der Waals surface area (Å²) in [7, 11) is 0. The third-order valence-corrected chi connectivity index (χ3v) is 4.65. The molecule has 0 radical (unpaired) electrons. The lowest BCUT2D eigenvalue weighted by molar-refractivity contribution is -0.159. The Hall–Kier alpha value is -1.56. The van der Waals surface area contributed by atoms with Crippen molar-refractivity contribution >= 4 is 35.0 Å². The van der Waals surface area contributed by atoms with Gasteiger partial charge in [0.1, 0.15) is 16.2 Å². The molecule has 0 spiro atoms. The molecule has 5 nitrogen and oxygen atoms in total. The Bertz CT molecular complexity index is 682. The minimum Gasteiger partial charge on any atom is -0.494 e. The maximum absolute atomic E-state index is 12.7. The third kappa shape index (κ3) is 4.78. The highest BCUT2D eigenvalue weighted by Crippen LogP contribution is 2.43. The number of benzene rings is 1. The molecule has 1 saturated carbocycles. The number of aliphatic hydroxyl groups is 1. The number of allylic oxidation sites excluding steroid dienone is 1. The van der Waals surface area contributed by atoms with Crippen LogP contribution in [0.25, 0.3) is 0 Å². The van der Waals surface area contributed by atoms with Crippen LogP contribution in [-0.2, 0) is 19.9 Å². The molecule has 3 atom stereocenters. The average Bonchev–Trinajstić information content (AvgIpc) is 2.54. The van der Waals surface area contributed by atoms with Gasteiger partial charge in [0.2, 0.25) is 0 Å².